The van der Waals surface area contributed by atoms with Gasteiger partial charge in [-0.25, -0.2) is 9.18 Å². The Morgan fingerprint density at radius 3 is 2.34 bits per heavy atom. The second kappa shape index (κ2) is 11.5. The summed E-state index contributed by atoms with van der Waals surface area (Å²) < 4.78 is 32.0. The molecule has 6 heteroatoms. The molecule has 0 N–H and O–H groups in total. The number of halogens is 1. The van der Waals surface area contributed by atoms with Crippen LogP contribution in [-0.4, -0.2) is 36.5 Å². The summed E-state index contributed by atoms with van der Waals surface area (Å²) in [7, 11) is 0. The fourth-order valence-corrected chi connectivity index (χ4v) is 3.58. The van der Waals surface area contributed by atoms with E-state index in [0.29, 0.717) is 32.8 Å². The molecule has 0 saturated carbocycles. The highest BCUT2D eigenvalue weighted by Crippen LogP contribution is 2.23. The molecule has 0 aliphatic heterocycles. The average molecular weight is 440 g/mol. The van der Waals surface area contributed by atoms with Gasteiger partial charge in [0.15, 0.2) is 6.10 Å². The molecule has 0 amide bonds. The van der Waals surface area contributed by atoms with Crippen LogP contribution in [-0.2, 0) is 27.2 Å². The quantitative estimate of drug-likeness (QED) is 0.386. The molecular weight excluding hydrogens is 409 g/mol. The zero-order chi connectivity index (χ0) is 22.9. The number of carbonyl (C=O) groups excluding carboxylic acids is 1. The molecule has 0 spiro atoms. The van der Waals surface area contributed by atoms with Crippen LogP contribution in [0.1, 0.15) is 25.1 Å². The zero-order valence-corrected chi connectivity index (χ0v) is 18.8. The van der Waals surface area contributed by atoms with Crippen LogP contribution in [0.25, 0.3) is 11.3 Å². The van der Waals surface area contributed by atoms with Gasteiger partial charge in [0.2, 0.25) is 0 Å². The molecule has 0 bridgehead atoms. The summed E-state index contributed by atoms with van der Waals surface area (Å²) >= 11 is 0. The topological polar surface area (TPSA) is 49.7 Å². The van der Waals surface area contributed by atoms with Crippen LogP contribution >= 0.6 is 0 Å². The van der Waals surface area contributed by atoms with Gasteiger partial charge >= 0.3 is 5.97 Å². The van der Waals surface area contributed by atoms with Gasteiger partial charge < -0.3 is 18.8 Å². The molecule has 0 fully saturated rings. The highest BCUT2D eigenvalue weighted by Gasteiger charge is 2.20. The SMILES string of the molecule is CCOC(=O)C(Cc1ccc(OCCn2c(C)ccc2-c2ccc(F)cc2)cc1)OCC. The molecule has 2 aromatic carbocycles. The Labute approximate surface area is 188 Å². The Morgan fingerprint density at radius 1 is 0.969 bits per heavy atom. The fourth-order valence-electron chi connectivity index (χ4n) is 3.58. The van der Waals surface area contributed by atoms with Crippen molar-refractivity contribution in [2.24, 2.45) is 0 Å². The number of carbonyl (C=O) groups is 1. The maximum Gasteiger partial charge on any atom is 0.335 e. The van der Waals surface area contributed by atoms with Crippen molar-refractivity contribution in [2.45, 2.75) is 39.8 Å². The van der Waals surface area contributed by atoms with Crippen LogP contribution < -0.4 is 4.74 Å². The number of esters is 1. The lowest BCUT2D eigenvalue weighted by Crippen LogP contribution is -2.28. The summed E-state index contributed by atoms with van der Waals surface area (Å²) in [5.74, 6) is 0.171. The lowest BCUT2D eigenvalue weighted by atomic mass is 10.1. The number of ether oxygens (including phenoxy) is 3. The third-order valence-corrected chi connectivity index (χ3v) is 5.18. The molecule has 3 aromatic rings. The molecule has 1 atom stereocenters. The molecule has 3 rings (SSSR count). The predicted octanol–water partition coefficient (Wildman–Crippen LogP) is 5.19. The molecular formula is C26H30FNO4. The van der Waals surface area contributed by atoms with E-state index in [-0.39, 0.29) is 11.8 Å². The summed E-state index contributed by atoms with van der Waals surface area (Å²) in [6.07, 6.45) is -0.149. The summed E-state index contributed by atoms with van der Waals surface area (Å²) in [6, 6.07) is 18.3. The van der Waals surface area contributed by atoms with Crippen LogP contribution in [0.5, 0.6) is 5.75 Å². The first-order chi connectivity index (χ1) is 15.5. The van der Waals surface area contributed by atoms with Crippen molar-refractivity contribution in [1.82, 2.24) is 4.57 Å². The van der Waals surface area contributed by atoms with Gasteiger partial charge in [0.25, 0.3) is 0 Å². The number of hydrogen-bond acceptors (Lipinski definition) is 4. The summed E-state index contributed by atoms with van der Waals surface area (Å²) in [5.41, 5.74) is 4.09. The lowest BCUT2D eigenvalue weighted by Gasteiger charge is -2.16. The summed E-state index contributed by atoms with van der Waals surface area (Å²) in [5, 5.41) is 0. The third kappa shape index (κ3) is 6.20. The monoisotopic (exact) mass is 439 g/mol. The Kier molecular flexibility index (Phi) is 8.45. The molecule has 5 nitrogen and oxygen atoms in total. The van der Waals surface area contributed by atoms with Crippen LogP contribution in [0.3, 0.4) is 0 Å². The van der Waals surface area contributed by atoms with Crippen LogP contribution in [0.2, 0.25) is 0 Å². The molecule has 0 aliphatic carbocycles. The second-order valence-electron chi connectivity index (χ2n) is 7.41. The first-order valence-electron chi connectivity index (χ1n) is 10.9. The van der Waals surface area contributed by atoms with Crippen LogP contribution in [0, 0.1) is 12.7 Å². The summed E-state index contributed by atoms with van der Waals surface area (Å²) in [4.78, 5) is 12.0. The summed E-state index contributed by atoms with van der Waals surface area (Å²) in [6.45, 7) is 7.63. The molecule has 0 radical (unpaired) electrons. The van der Waals surface area contributed by atoms with Gasteiger partial charge in [0, 0.05) is 24.4 Å². The van der Waals surface area contributed by atoms with Crippen LogP contribution in [0.4, 0.5) is 4.39 Å². The Bertz CT molecular complexity index is 996. The Balaban J connectivity index is 1.58. The minimum Gasteiger partial charge on any atom is -0.492 e. The number of benzene rings is 2. The van der Waals surface area contributed by atoms with Crippen molar-refractivity contribution in [3.8, 4) is 17.0 Å². The maximum atomic E-state index is 13.3. The molecule has 0 aliphatic rings. The zero-order valence-electron chi connectivity index (χ0n) is 18.8. The number of aryl methyl sites for hydroxylation is 1. The van der Waals surface area contributed by atoms with Crippen molar-refractivity contribution in [1.29, 1.82) is 0 Å². The van der Waals surface area contributed by atoms with Gasteiger partial charge in [0.05, 0.1) is 13.2 Å². The van der Waals surface area contributed by atoms with E-state index in [0.717, 1.165) is 28.3 Å². The van der Waals surface area contributed by atoms with Crippen molar-refractivity contribution in [2.75, 3.05) is 19.8 Å². The number of hydrogen-bond donors (Lipinski definition) is 0. The molecule has 0 saturated heterocycles. The second-order valence-corrected chi connectivity index (χ2v) is 7.41. The highest BCUT2D eigenvalue weighted by atomic mass is 19.1. The van der Waals surface area contributed by atoms with E-state index in [9.17, 15) is 9.18 Å². The standard InChI is InChI=1S/C26H30FNO4/c1-4-30-25(26(29)31-5-2)18-20-7-13-23(14-8-20)32-17-16-28-19(3)6-15-24(28)21-9-11-22(27)12-10-21/h6-15,25H,4-5,16-18H2,1-3H3. The van der Waals surface area contributed by atoms with Gasteiger partial charge in [-0.1, -0.05) is 12.1 Å². The van der Waals surface area contributed by atoms with Crippen molar-refractivity contribution in [3.05, 3.63) is 77.7 Å². The smallest absolute Gasteiger partial charge is 0.335 e. The fraction of sp³-hybridized carbons (Fsp3) is 0.346. The van der Waals surface area contributed by atoms with Gasteiger partial charge in [0.1, 0.15) is 18.2 Å². The predicted molar refractivity (Wildman–Crippen MR) is 122 cm³/mol. The van der Waals surface area contributed by atoms with Crippen molar-refractivity contribution >= 4 is 5.97 Å². The van der Waals surface area contributed by atoms with Gasteiger partial charge in [-0.05, 0) is 80.4 Å². The first kappa shape index (κ1) is 23.5. The van der Waals surface area contributed by atoms with E-state index < -0.39 is 6.10 Å². The van der Waals surface area contributed by atoms with E-state index in [2.05, 4.69) is 4.57 Å². The van der Waals surface area contributed by atoms with Crippen LogP contribution in [0.15, 0.2) is 60.7 Å². The van der Waals surface area contributed by atoms with E-state index in [1.54, 1.807) is 19.1 Å². The molecule has 32 heavy (non-hydrogen) atoms. The minimum atomic E-state index is -0.603. The van der Waals surface area contributed by atoms with E-state index >= 15 is 0 Å². The van der Waals surface area contributed by atoms with Gasteiger partial charge in [-0.3, -0.25) is 0 Å². The average Bonchev–Trinajstić information content (AvgIpc) is 3.15. The van der Waals surface area contributed by atoms with E-state index in [4.69, 9.17) is 14.2 Å². The van der Waals surface area contributed by atoms with Crippen molar-refractivity contribution < 1.29 is 23.4 Å². The highest BCUT2D eigenvalue weighted by molar-refractivity contribution is 5.75. The number of rotatable bonds is 11. The Morgan fingerprint density at radius 2 is 1.69 bits per heavy atom. The molecule has 170 valence electrons. The largest absolute Gasteiger partial charge is 0.492 e. The first-order valence-corrected chi connectivity index (χ1v) is 10.9. The van der Waals surface area contributed by atoms with Crippen molar-refractivity contribution in [3.63, 3.8) is 0 Å². The van der Waals surface area contributed by atoms with Gasteiger partial charge in [-0.2, -0.15) is 0 Å². The van der Waals surface area contributed by atoms with E-state index in [1.807, 2.05) is 50.2 Å². The molecule has 1 heterocycles. The van der Waals surface area contributed by atoms with E-state index in [1.165, 1.54) is 12.1 Å². The minimum absolute atomic E-state index is 0.245. The van der Waals surface area contributed by atoms with Gasteiger partial charge in [-0.15, -0.1) is 0 Å². The normalized spacial score (nSPS) is 11.9. The maximum absolute atomic E-state index is 13.3. The molecule has 1 unspecified atom stereocenters. The lowest BCUT2D eigenvalue weighted by molar-refractivity contribution is -0.156. The molecule has 1 aromatic heterocycles. The number of aromatic nitrogens is 1. The Hall–Kier alpha value is -3.12. The number of nitrogens with zero attached hydrogens (tertiary/aromatic N) is 1. The third-order valence-electron chi connectivity index (χ3n) is 5.18.